The summed E-state index contributed by atoms with van der Waals surface area (Å²) in [6.45, 7) is 37.1. The Kier molecular flexibility index (Phi) is 28.1. The molecule has 3 heterocycles. The minimum atomic E-state index is -4.36. The van der Waals surface area contributed by atoms with Crippen molar-refractivity contribution in [1.82, 2.24) is 45.9 Å². The van der Waals surface area contributed by atoms with Gasteiger partial charge < -0.3 is 67.4 Å². The summed E-state index contributed by atoms with van der Waals surface area (Å²) in [5.74, 6) is -5.63. The standard InChI is InChI=1S/C79H113N13O16S2/c1-43(2)39-61(73(99)100)89-70(96)59(27-24-38-83-75(81)91-110(103,104)68-47(6)45(4)66-55(49(68)8)34-36-79(19,20)108-66)86-63(94)41-84-69(95)58(26-23-37-82-74(80)90-109(101,102)67-46(5)44(3)65-54(48(67)7)33-35-78(17,18)107-65)87-71(97)60(40-52-29-31-53(32-30-52)106-77(14,15)16)88-72(98)64(85-50(9)93)57-42-92(51(10)105-76(11,12)13)62-28-22-21-25-56(57)62/h21-22,25,28-32,42-43,58-61,64H,10,23-24,26-27,33-41H2,1-9,11-20H3,(H,84,95)(H,85,93)(H,86,94)(H,87,97)(H,88,98)(H,89,96)(H,99,100)(H3,80,82,90)(H3,81,83,91)/t58-,59-,60-,61-,64-/m0/s1. The predicted octanol–water partition coefficient (Wildman–Crippen LogP) is 7.87. The van der Waals surface area contributed by atoms with Gasteiger partial charge in [-0.05, 0) is 249 Å². The number of nitrogens with one attached hydrogen (secondary N) is 8. The van der Waals surface area contributed by atoms with Crippen molar-refractivity contribution >= 4 is 90.2 Å². The van der Waals surface area contributed by atoms with Crippen LogP contribution in [0.3, 0.4) is 0 Å². The zero-order chi connectivity index (χ0) is 82.1. The summed E-state index contributed by atoms with van der Waals surface area (Å²) in [6, 6.07) is 6.47. The Labute approximate surface area is 646 Å². The molecule has 0 unspecified atom stereocenters. The van der Waals surface area contributed by atoms with Crippen LogP contribution in [0.25, 0.3) is 16.8 Å². The number of ether oxygens (including phenoxy) is 4. The van der Waals surface area contributed by atoms with Crippen molar-refractivity contribution in [2.24, 2.45) is 27.4 Å². The van der Waals surface area contributed by atoms with Gasteiger partial charge >= 0.3 is 5.97 Å². The number of carbonyl (C=O) groups excluding carboxylic acids is 6. The normalized spacial score (nSPS) is 15.7. The van der Waals surface area contributed by atoms with Crippen LogP contribution in [0, 0.1) is 47.5 Å². The molecule has 5 atom stereocenters. The van der Waals surface area contributed by atoms with E-state index in [1.54, 1.807) is 115 Å². The summed E-state index contributed by atoms with van der Waals surface area (Å²) in [4.78, 5) is 108. The van der Waals surface area contributed by atoms with E-state index >= 15 is 9.59 Å². The molecule has 602 valence electrons. The van der Waals surface area contributed by atoms with Gasteiger partial charge in [0, 0.05) is 43.6 Å². The third-order valence-electron chi connectivity index (χ3n) is 19.0. The Morgan fingerprint density at radius 3 is 1.57 bits per heavy atom. The molecule has 7 rings (SSSR count). The minimum Gasteiger partial charge on any atom is -0.488 e. The highest BCUT2D eigenvalue weighted by atomic mass is 32.2. The number of hydrogen-bond acceptors (Lipinski definition) is 17. The SMILES string of the molecule is C=C(OC(C)(C)C)n1cc([C@H](NC(C)=O)C(=O)N[C@@H](Cc2ccc(OC(C)(C)C)cc2)C(=O)N[C@@H](CCCN=C(N)NS(=O)(=O)c2c(C)c(C)c3c(c2C)CCC(C)(C)O3)C(=O)NCC(=O)N[C@@H](CCCN=C(N)NS(=O)(=O)c2c(C)c(C)c3c(c2C)CCC(C)(C)O3)C(=O)N[C@@H](CC(C)C)C(=O)O)c2ccccc21. The summed E-state index contributed by atoms with van der Waals surface area (Å²) in [5, 5.41) is 26.6. The molecule has 0 radical (unpaired) electrons. The lowest BCUT2D eigenvalue weighted by molar-refractivity contribution is -0.142. The van der Waals surface area contributed by atoms with Gasteiger partial charge in [0.2, 0.25) is 47.4 Å². The summed E-state index contributed by atoms with van der Waals surface area (Å²) in [5.41, 5.74) is 16.6. The van der Waals surface area contributed by atoms with Crippen LogP contribution in [0.5, 0.6) is 17.2 Å². The topological polar surface area (TPSA) is 423 Å². The summed E-state index contributed by atoms with van der Waals surface area (Å²) < 4.78 is 87.8. The second kappa shape index (κ2) is 35.4. The van der Waals surface area contributed by atoms with Crippen LogP contribution >= 0.6 is 0 Å². The third-order valence-corrected chi connectivity index (χ3v) is 22.3. The number of para-hydroxylation sites is 1. The molecule has 0 spiro atoms. The highest BCUT2D eigenvalue weighted by Gasteiger charge is 2.38. The highest BCUT2D eigenvalue weighted by molar-refractivity contribution is 7.90. The highest BCUT2D eigenvalue weighted by Crippen LogP contribution is 2.44. The lowest BCUT2D eigenvalue weighted by Crippen LogP contribution is -2.57. The average molecular weight is 1560 g/mol. The molecular formula is C79H113N13O16S2. The molecule has 2 aliphatic rings. The molecule has 0 saturated carbocycles. The minimum absolute atomic E-state index is 0.0177. The zero-order valence-electron chi connectivity index (χ0n) is 66.9. The first kappa shape index (κ1) is 87.3. The Balaban J connectivity index is 1.18. The molecule has 0 saturated heterocycles. The summed E-state index contributed by atoms with van der Waals surface area (Å²) in [7, 11) is -8.67. The van der Waals surface area contributed by atoms with E-state index < -0.39 is 133 Å². The maximum Gasteiger partial charge on any atom is 0.326 e. The molecular weight excluding hydrogens is 1450 g/mol. The average Bonchev–Trinajstić information content (AvgIpc) is 0.978. The molecule has 13 N–H and O–H groups in total. The number of nitrogens with zero attached hydrogens (tertiary/aromatic N) is 3. The van der Waals surface area contributed by atoms with Gasteiger partial charge in [-0.3, -0.25) is 43.3 Å². The first-order valence-corrected chi connectivity index (χ1v) is 40.0. The van der Waals surface area contributed by atoms with Gasteiger partial charge in [0.15, 0.2) is 5.88 Å². The first-order valence-electron chi connectivity index (χ1n) is 37.0. The fourth-order valence-corrected chi connectivity index (χ4v) is 16.6. The number of carbonyl (C=O) groups is 7. The lowest BCUT2D eigenvalue weighted by Gasteiger charge is -2.35. The van der Waals surface area contributed by atoms with Crippen molar-refractivity contribution in [3.05, 3.63) is 117 Å². The van der Waals surface area contributed by atoms with E-state index in [4.69, 9.17) is 30.4 Å². The van der Waals surface area contributed by atoms with E-state index in [-0.39, 0.29) is 73.2 Å². The fourth-order valence-electron chi connectivity index (χ4n) is 13.5. The number of benzene rings is 4. The van der Waals surface area contributed by atoms with Crippen LogP contribution in [0.4, 0.5) is 0 Å². The van der Waals surface area contributed by atoms with Crippen molar-refractivity contribution in [2.45, 2.75) is 258 Å². The van der Waals surface area contributed by atoms with Crippen LogP contribution in [0.1, 0.15) is 197 Å². The number of amides is 6. The van der Waals surface area contributed by atoms with Crippen molar-refractivity contribution in [3.63, 3.8) is 0 Å². The predicted molar refractivity (Wildman–Crippen MR) is 422 cm³/mol. The van der Waals surface area contributed by atoms with Crippen molar-refractivity contribution in [2.75, 3.05) is 19.6 Å². The van der Waals surface area contributed by atoms with E-state index in [0.29, 0.717) is 98.3 Å². The molecule has 0 bridgehead atoms. The molecule has 29 nitrogen and oxygen atoms in total. The van der Waals surface area contributed by atoms with E-state index in [9.17, 15) is 45.9 Å². The molecule has 2 aliphatic heterocycles. The number of carboxylic acids is 1. The molecule has 0 aliphatic carbocycles. The number of carboxylic acid groups (broad SMARTS) is 1. The van der Waals surface area contributed by atoms with Gasteiger partial charge in [-0.2, -0.15) is 0 Å². The molecule has 6 amide bonds. The van der Waals surface area contributed by atoms with Crippen LogP contribution in [-0.2, 0) is 77.6 Å². The van der Waals surface area contributed by atoms with Crippen molar-refractivity contribution in [3.8, 4) is 17.2 Å². The second-order valence-corrected chi connectivity index (χ2v) is 35.3. The number of rotatable bonds is 32. The number of aromatic nitrogens is 1. The quantitative estimate of drug-likeness (QED) is 0.00844. The molecule has 5 aromatic rings. The molecule has 0 fully saturated rings. The number of hydrogen-bond donors (Lipinski definition) is 11. The molecule has 4 aromatic carbocycles. The van der Waals surface area contributed by atoms with Gasteiger partial charge in [0.05, 0.1) is 21.9 Å². The van der Waals surface area contributed by atoms with E-state index in [0.717, 1.165) is 11.1 Å². The number of aliphatic imine (C=N–C) groups is 2. The molecule has 110 heavy (non-hydrogen) atoms. The van der Waals surface area contributed by atoms with Gasteiger partial charge in [0.25, 0.3) is 20.0 Å². The van der Waals surface area contributed by atoms with Gasteiger partial charge in [-0.1, -0.05) is 44.2 Å². The second-order valence-electron chi connectivity index (χ2n) is 32.0. The fraction of sp³-hybridized carbons (Fsp3) is 0.532. The summed E-state index contributed by atoms with van der Waals surface area (Å²) in [6.07, 6.45) is 3.33. The summed E-state index contributed by atoms with van der Waals surface area (Å²) >= 11 is 0. The molecule has 1 aromatic heterocycles. The largest absolute Gasteiger partial charge is 0.488 e. The van der Waals surface area contributed by atoms with Crippen LogP contribution in [0.2, 0.25) is 0 Å². The number of aliphatic carboxylic acids is 1. The van der Waals surface area contributed by atoms with Crippen molar-refractivity contribution in [1.29, 1.82) is 0 Å². The molecule has 31 heteroatoms. The Bertz CT molecular complexity index is 4630. The van der Waals surface area contributed by atoms with Crippen LogP contribution in [-0.4, -0.2) is 146 Å². The van der Waals surface area contributed by atoms with Crippen molar-refractivity contribution < 1.29 is 74.5 Å². The number of sulfonamides is 2. The van der Waals surface area contributed by atoms with E-state index in [1.807, 2.05) is 69.2 Å². The first-order chi connectivity index (χ1) is 51.0. The zero-order valence-corrected chi connectivity index (χ0v) is 68.6. The Morgan fingerprint density at radius 1 is 0.627 bits per heavy atom. The Hall–Kier alpha value is -9.91. The van der Waals surface area contributed by atoms with Gasteiger partial charge in [-0.15, -0.1) is 0 Å². The van der Waals surface area contributed by atoms with Crippen LogP contribution < -0.4 is 67.0 Å². The van der Waals surface area contributed by atoms with E-state index in [2.05, 4.69) is 57.9 Å². The number of guanidine groups is 2. The Morgan fingerprint density at radius 2 is 1.10 bits per heavy atom. The number of nitrogens with two attached hydrogens (primary N) is 2. The van der Waals surface area contributed by atoms with Gasteiger partial charge in [-0.25, -0.2) is 31.1 Å². The van der Waals surface area contributed by atoms with Gasteiger partial charge in [0.1, 0.15) is 69.9 Å². The lowest BCUT2D eigenvalue weighted by atomic mass is 9.88. The monoisotopic (exact) mass is 1560 g/mol. The number of fused-ring (bicyclic) bond motifs is 3. The maximum absolute atomic E-state index is 15.3. The smallest absolute Gasteiger partial charge is 0.326 e. The third kappa shape index (κ3) is 23.1. The van der Waals surface area contributed by atoms with E-state index in [1.165, 1.54) is 6.92 Å². The van der Waals surface area contributed by atoms with Crippen LogP contribution in [0.15, 0.2) is 81.1 Å². The maximum atomic E-state index is 15.3.